The minimum Gasteiger partial charge on any atom is -0.504 e. The smallest absolute Gasteiger partial charge is 0.208 e. The molecule has 130 valence electrons. The van der Waals surface area contributed by atoms with Gasteiger partial charge in [0.2, 0.25) is 11.5 Å². The summed E-state index contributed by atoms with van der Waals surface area (Å²) in [5.41, 5.74) is 0.481. The third kappa shape index (κ3) is 2.24. The molecule has 0 radical (unpaired) electrons. The van der Waals surface area contributed by atoms with Crippen LogP contribution in [0, 0.1) is 0 Å². The highest BCUT2D eigenvalue weighted by atomic mass is 16.5. The number of aliphatic hydroxyl groups excluding tert-OH is 1. The van der Waals surface area contributed by atoms with E-state index in [9.17, 15) is 19.8 Å². The zero-order chi connectivity index (χ0) is 18.3. The molecule has 3 rings (SSSR count). The SMILES string of the molecule is COc1c(O)c2c(c(OC)c1OC)C(=O)c1cc(CO)ccc1C2=O. The van der Waals surface area contributed by atoms with E-state index < -0.39 is 17.3 Å². The van der Waals surface area contributed by atoms with Crippen molar-refractivity contribution in [2.75, 3.05) is 21.3 Å². The Balaban J connectivity index is 2.40. The van der Waals surface area contributed by atoms with Crippen molar-refractivity contribution in [3.05, 3.63) is 46.0 Å². The molecule has 0 aromatic heterocycles. The summed E-state index contributed by atoms with van der Waals surface area (Å²) in [6.07, 6.45) is 0. The Labute approximate surface area is 143 Å². The van der Waals surface area contributed by atoms with Crippen molar-refractivity contribution in [1.29, 1.82) is 0 Å². The molecule has 0 spiro atoms. The van der Waals surface area contributed by atoms with Gasteiger partial charge >= 0.3 is 0 Å². The number of hydrogen-bond acceptors (Lipinski definition) is 7. The number of benzene rings is 2. The first-order valence-electron chi connectivity index (χ1n) is 7.38. The average Bonchev–Trinajstić information content (AvgIpc) is 2.64. The van der Waals surface area contributed by atoms with Crippen LogP contribution in [0.1, 0.15) is 37.4 Å². The van der Waals surface area contributed by atoms with E-state index in [1.54, 1.807) is 6.07 Å². The topological polar surface area (TPSA) is 102 Å². The number of fused-ring (bicyclic) bond motifs is 2. The molecular formula is C18H16O7. The number of hydrogen-bond donors (Lipinski definition) is 2. The zero-order valence-corrected chi connectivity index (χ0v) is 13.9. The fourth-order valence-corrected chi connectivity index (χ4v) is 3.02. The van der Waals surface area contributed by atoms with Crippen LogP contribution in [0.15, 0.2) is 18.2 Å². The predicted octanol–water partition coefficient (Wildman–Crippen LogP) is 1.69. The van der Waals surface area contributed by atoms with Crippen LogP contribution in [0.25, 0.3) is 0 Å². The highest BCUT2D eigenvalue weighted by Gasteiger charge is 2.39. The van der Waals surface area contributed by atoms with Gasteiger partial charge in [-0.05, 0) is 17.7 Å². The van der Waals surface area contributed by atoms with Crippen LogP contribution in [0.4, 0.5) is 0 Å². The summed E-state index contributed by atoms with van der Waals surface area (Å²) < 4.78 is 15.6. The molecule has 0 aliphatic heterocycles. The van der Waals surface area contributed by atoms with E-state index in [1.807, 2.05) is 0 Å². The molecule has 0 atom stereocenters. The Bertz CT molecular complexity index is 899. The van der Waals surface area contributed by atoms with Crippen LogP contribution < -0.4 is 14.2 Å². The van der Waals surface area contributed by atoms with Gasteiger partial charge in [0.15, 0.2) is 23.1 Å². The van der Waals surface area contributed by atoms with E-state index in [1.165, 1.54) is 33.5 Å². The summed E-state index contributed by atoms with van der Waals surface area (Å²) in [6, 6.07) is 4.45. The van der Waals surface area contributed by atoms with Crippen molar-refractivity contribution in [3.63, 3.8) is 0 Å². The first kappa shape index (κ1) is 16.8. The summed E-state index contributed by atoms with van der Waals surface area (Å²) in [7, 11) is 3.96. The monoisotopic (exact) mass is 344 g/mol. The molecule has 0 saturated heterocycles. The van der Waals surface area contributed by atoms with Crippen LogP contribution >= 0.6 is 0 Å². The summed E-state index contributed by atoms with van der Waals surface area (Å²) in [5, 5.41) is 19.8. The van der Waals surface area contributed by atoms with Gasteiger partial charge in [0.25, 0.3) is 0 Å². The number of phenols is 1. The normalized spacial score (nSPS) is 12.5. The predicted molar refractivity (Wildman–Crippen MR) is 87.0 cm³/mol. The van der Waals surface area contributed by atoms with Crippen LogP contribution in [-0.4, -0.2) is 43.1 Å². The van der Waals surface area contributed by atoms with Crippen molar-refractivity contribution >= 4 is 11.6 Å². The van der Waals surface area contributed by atoms with Gasteiger partial charge in [0, 0.05) is 11.1 Å². The lowest BCUT2D eigenvalue weighted by atomic mass is 9.82. The van der Waals surface area contributed by atoms with E-state index in [-0.39, 0.29) is 46.1 Å². The standard InChI is InChI=1S/C18H16O7/c1-23-16-12-11(15(22)17(24-2)18(16)25-3)13(20)9-5-4-8(7-19)6-10(9)14(12)21/h4-6,19,22H,7H2,1-3H3. The molecule has 0 bridgehead atoms. The largest absolute Gasteiger partial charge is 0.504 e. The number of aliphatic hydroxyl groups is 1. The molecule has 1 aliphatic carbocycles. The number of ether oxygens (including phenoxy) is 3. The van der Waals surface area contributed by atoms with Gasteiger partial charge in [-0.1, -0.05) is 6.07 Å². The molecule has 2 aromatic rings. The number of phenolic OH excluding ortho intramolecular Hbond substituents is 1. The van der Waals surface area contributed by atoms with Gasteiger partial charge in [0.05, 0.1) is 39.1 Å². The van der Waals surface area contributed by atoms with E-state index in [0.717, 1.165) is 0 Å². The second-order valence-electron chi connectivity index (χ2n) is 5.39. The number of carbonyl (C=O) groups excluding carboxylic acids is 2. The first-order chi connectivity index (χ1) is 12.0. The van der Waals surface area contributed by atoms with Crippen LogP contribution in [0.5, 0.6) is 23.0 Å². The third-order valence-corrected chi connectivity index (χ3v) is 4.16. The zero-order valence-electron chi connectivity index (χ0n) is 13.9. The molecule has 0 fully saturated rings. The van der Waals surface area contributed by atoms with Gasteiger partial charge in [-0.15, -0.1) is 0 Å². The number of ketones is 2. The van der Waals surface area contributed by atoms with Crippen LogP contribution in [-0.2, 0) is 6.61 Å². The van der Waals surface area contributed by atoms with Gasteiger partial charge in [-0.3, -0.25) is 9.59 Å². The maximum absolute atomic E-state index is 13.0. The highest BCUT2D eigenvalue weighted by molar-refractivity contribution is 6.31. The molecule has 0 amide bonds. The number of carbonyl (C=O) groups is 2. The van der Waals surface area contributed by atoms with Gasteiger partial charge < -0.3 is 24.4 Å². The molecule has 0 unspecified atom stereocenters. The van der Waals surface area contributed by atoms with Crippen LogP contribution in [0.2, 0.25) is 0 Å². The summed E-state index contributed by atoms with van der Waals surface area (Å²) in [4.78, 5) is 25.9. The summed E-state index contributed by atoms with van der Waals surface area (Å²) in [6.45, 7) is -0.268. The first-order valence-corrected chi connectivity index (χ1v) is 7.38. The van der Waals surface area contributed by atoms with Gasteiger partial charge in [-0.2, -0.15) is 0 Å². The van der Waals surface area contributed by atoms with Crippen molar-refractivity contribution in [2.45, 2.75) is 6.61 Å². The minimum absolute atomic E-state index is 0.00514. The summed E-state index contributed by atoms with van der Waals surface area (Å²) in [5.74, 6) is -1.59. The third-order valence-electron chi connectivity index (χ3n) is 4.16. The Kier molecular flexibility index (Phi) is 4.10. The molecular weight excluding hydrogens is 328 g/mol. The second kappa shape index (κ2) is 6.10. The molecule has 0 saturated carbocycles. The molecule has 0 heterocycles. The number of rotatable bonds is 4. The van der Waals surface area contributed by atoms with E-state index in [2.05, 4.69) is 0 Å². The molecule has 7 nitrogen and oxygen atoms in total. The van der Waals surface area contributed by atoms with Crippen molar-refractivity contribution in [1.82, 2.24) is 0 Å². The average molecular weight is 344 g/mol. The Hall–Kier alpha value is -3.06. The van der Waals surface area contributed by atoms with Crippen LogP contribution in [0.3, 0.4) is 0 Å². The van der Waals surface area contributed by atoms with E-state index in [0.29, 0.717) is 5.56 Å². The molecule has 25 heavy (non-hydrogen) atoms. The molecule has 2 aromatic carbocycles. The van der Waals surface area contributed by atoms with Crippen molar-refractivity contribution in [2.24, 2.45) is 0 Å². The van der Waals surface area contributed by atoms with Crippen molar-refractivity contribution < 1.29 is 34.0 Å². The highest BCUT2D eigenvalue weighted by Crippen LogP contribution is 2.51. The summed E-state index contributed by atoms with van der Waals surface area (Å²) >= 11 is 0. The van der Waals surface area contributed by atoms with Gasteiger partial charge in [-0.25, -0.2) is 0 Å². The fourth-order valence-electron chi connectivity index (χ4n) is 3.02. The maximum Gasteiger partial charge on any atom is 0.208 e. The van der Waals surface area contributed by atoms with E-state index >= 15 is 0 Å². The number of aromatic hydroxyl groups is 1. The van der Waals surface area contributed by atoms with Crippen molar-refractivity contribution in [3.8, 4) is 23.0 Å². The lowest BCUT2D eigenvalue weighted by Gasteiger charge is -2.24. The number of methoxy groups -OCH3 is 3. The van der Waals surface area contributed by atoms with Gasteiger partial charge in [0.1, 0.15) is 0 Å². The Morgan fingerprint density at radius 2 is 1.44 bits per heavy atom. The lowest BCUT2D eigenvalue weighted by molar-refractivity contribution is 0.0972. The Morgan fingerprint density at radius 1 is 0.840 bits per heavy atom. The minimum atomic E-state index is -0.536. The van der Waals surface area contributed by atoms with E-state index in [4.69, 9.17) is 14.2 Å². The Morgan fingerprint density at radius 3 is 2.00 bits per heavy atom. The maximum atomic E-state index is 13.0. The molecule has 2 N–H and O–H groups in total. The lowest BCUT2D eigenvalue weighted by Crippen LogP contribution is -2.23. The fraction of sp³-hybridized carbons (Fsp3) is 0.222. The second-order valence-corrected chi connectivity index (χ2v) is 5.39. The molecule has 7 heteroatoms. The quantitative estimate of drug-likeness (QED) is 0.742. The molecule has 1 aliphatic rings.